The second-order valence-electron chi connectivity index (χ2n) is 8.80. The molecule has 37 heavy (non-hydrogen) atoms. The van der Waals surface area contributed by atoms with Gasteiger partial charge in [-0.2, -0.15) is 0 Å². The number of esters is 1. The van der Waals surface area contributed by atoms with Crippen molar-refractivity contribution < 1.29 is 46.4 Å². The van der Waals surface area contributed by atoms with Crippen LogP contribution in [0.2, 0.25) is 5.02 Å². The molecule has 6 atom stereocenters. The number of ketones is 1. The molecule has 0 unspecified atom stereocenters. The number of hydrogen-bond donors (Lipinski definition) is 0. The van der Waals surface area contributed by atoms with E-state index in [0.29, 0.717) is 17.0 Å². The molecule has 202 valence electrons. The van der Waals surface area contributed by atoms with E-state index in [1.54, 1.807) is 24.3 Å². The summed E-state index contributed by atoms with van der Waals surface area (Å²) in [4.78, 5) is 37.1. The molecule has 3 heterocycles. The molecule has 3 aliphatic rings. The van der Waals surface area contributed by atoms with Crippen LogP contribution in [0.4, 0.5) is 4.39 Å². The summed E-state index contributed by atoms with van der Waals surface area (Å²) in [6.07, 6.45) is -3.09. The summed E-state index contributed by atoms with van der Waals surface area (Å²) in [5, 5.41) is 0.473. The molecule has 0 radical (unpaired) electrons. The van der Waals surface area contributed by atoms with Crippen molar-refractivity contribution in [2.24, 2.45) is 0 Å². The molecule has 1 aromatic rings. The van der Waals surface area contributed by atoms with Crippen molar-refractivity contribution >= 4 is 48.7 Å². The van der Waals surface area contributed by atoms with E-state index in [2.05, 4.69) is 0 Å². The Morgan fingerprint density at radius 1 is 1.35 bits per heavy atom. The smallest absolute Gasteiger partial charge is 0.456 e. The molecule has 3 aliphatic heterocycles. The minimum absolute atomic E-state index is 0.0542. The van der Waals surface area contributed by atoms with Gasteiger partial charge in [0.1, 0.15) is 6.10 Å². The fourth-order valence-electron chi connectivity index (χ4n) is 4.24. The van der Waals surface area contributed by atoms with Gasteiger partial charge in [0.15, 0.2) is 23.8 Å². The van der Waals surface area contributed by atoms with E-state index in [1.165, 1.54) is 0 Å². The summed E-state index contributed by atoms with van der Waals surface area (Å²) in [6, 6.07) is 6.83. The van der Waals surface area contributed by atoms with Crippen molar-refractivity contribution in [3.63, 3.8) is 0 Å². The van der Waals surface area contributed by atoms with Gasteiger partial charge in [-0.15, -0.1) is 11.6 Å². The number of benzene rings is 1. The van der Waals surface area contributed by atoms with Crippen molar-refractivity contribution in [3.8, 4) is 0 Å². The number of carbonyl (C=O) groups is 3. The van der Waals surface area contributed by atoms with Crippen LogP contribution in [0, 0.1) is 0 Å². The summed E-state index contributed by atoms with van der Waals surface area (Å²) >= 11 is 11.6. The molecule has 0 spiro atoms. The van der Waals surface area contributed by atoms with Gasteiger partial charge in [-0.3, -0.25) is 32.9 Å². The third-order valence-corrected chi connectivity index (χ3v) is 7.93. The van der Waals surface area contributed by atoms with Gasteiger partial charge in [0.05, 0.1) is 32.2 Å². The predicted octanol–water partition coefficient (Wildman–Crippen LogP) is 4.25. The van der Waals surface area contributed by atoms with Gasteiger partial charge in [-0.1, -0.05) is 23.7 Å². The van der Waals surface area contributed by atoms with E-state index in [1.807, 2.05) is 0 Å². The Hall–Kier alpha value is -1.85. The molecule has 14 heteroatoms. The highest BCUT2D eigenvalue weighted by Gasteiger charge is 2.60. The first kappa shape index (κ1) is 28.2. The summed E-state index contributed by atoms with van der Waals surface area (Å²) in [6.45, 7) is 0.594. The van der Waals surface area contributed by atoms with E-state index >= 15 is 4.39 Å². The second-order valence-corrected chi connectivity index (χ2v) is 11.2. The van der Waals surface area contributed by atoms with E-state index in [9.17, 15) is 18.9 Å². The minimum atomic E-state index is -4.14. The number of nitrogens with zero attached hydrogens (tertiary/aromatic N) is 1. The summed E-state index contributed by atoms with van der Waals surface area (Å²) in [7, 11) is -4.14. The lowest BCUT2D eigenvalue weighted by Crippen LogP contribution is -2.52. The normalized spacial score (nSPS) is 34.1. The number of hydrogen-bond acceptors (Lipinski definition) is 9. The lowest BCUT2D eigenvalue weighted by atomic mass is 9.97. The summed E-state index contributed by atoms with van der Waals surface area (Å²) in [5.74, 6) is -1.99. The molecule has 0 bridgehead atoms. The van der Waals surface area contributed by atoms with Gasteiger partial charge in [0.25, 0.3) is 0 Å². The fourth-order valence-corrected chi connectivity index (χ4v) is 5.99. The molecule has 2 fully saturated rings. The van der Waals surface area contributed by atoms with Gasteiger partial charge in [0, 0.05) is 23.5 Å². The summed E-state index contributed by atoms with van der Waals surface area (Å²) in [5.41, 5.74) is -1.76. The van der Waals surface area contributed by atoms with Crippen LogP contribution < -0.4 is 0 Å². The van der Waals surface area contributed by atoms with Crippen molar-refractivity contribution in [1.29, 1.82) is 0 Å². The molecule has 2 saturated heterocycles. The van der Waals surface area contributed by atoms with Crippen LogP contribution in [0.5, 0.6) is 0 Å². The quantitative estimate of drug-likeness (QED) is 0.193. The zero-order chi connectivity index (χ0) is 26.8. The number of phosphoric ester groups is 1. The van der Waals surface area contributed by atoms with Crippen LogP contribution in [-0.2, 0) is 42.0 Å². The number of halogens is 3. The maximum absolute atomic E-state index is 16.1. The van der Waals surface area contributed by atoms with Crippen LogP contribution in [-0.4, -0.2) is 65.8 Å². The number of ether oxygens (including phenoxy) is 2. The molecule has 4 rings (SSSR count). The van der Waals surface area contributed by atoms with Gasteiger partial charge in [-0.05, 0) is 30.7 Å². The van der Waals surface area contributed by atoms with Crippen molar-refractivity contribution in [3.05, 3.63) is 47.1 Å². The number of amides is 1. The Labute approximate surface area is 222 Å². The van der Waals surface area contributed by atoms with E-state index in [0.717, 1.165) is 24.1 Å². The molecular weight excluding hydrogens is 555 g/mol. The van der Waals surface area contributed by atoms with Crippen molar-refractivity contribution in [2.75, 3.05) is 19.1 Å². The van der Waals surface area contributed by atoms with E-state index < -0.39 is 68.7 Å². The number of phosphoric acid groups is 1. The molecule has 1 aromatic carbocycles. The van der Waals surface area contributed by atoms with Gasteiger partial charge < -0.3 is 9.47 Å². The van der Waals surface area contributed by atoms with Gasteiger partial charge >= 0.3 is 13.8 Å². The number of rotatable bonds is 8. The Balaban J connectivity index is 1.51. The maximum Gasteiger partial charge on any atom is 0.475 e. The zero-order valence-electron chi connectivity index (χ0n) is 19.7. The van der Waals surface area contributed by atoms with Crippen molar-refractivity contribution in [2.45, 2.75) is 56.4 Å². The Bertz CT molecular complexity index is 1130. The SMILES string of the molecule is C[C@@]1(F)[C@H](OC(=O)CCCl)[C@@H](CO[P@@]2(=O)OCC[C@@H](c3cccc(Cl)c3)O2)O[C@H]1N1C=CC(=O)CC1=O. The monoisotopic (exact) mass is 579 g/mol. The van der Waals surface area contributed by atoms with Crippen LogP contribution in [0.3, 0.4) is 0 Å². The standard InChI is InChI=1S/C23H25Cl2FNO9P/c1-23(26)21(35-20(30)5-8-24)18(34-22(23)27-9-6-16(28)12-19(27)29)13-33-37(31)32-10-7-17(36-37)14-3-2-4-15(25)11-14/h2-4,6,9,11,17-18,21-22H,5,7-8,10,12-13H2,1H3/t17-,18+,21+,22+,23+,37+/m0/s1. The molecule has 0 saturated carbocycles. The van der Waals surface area contributed by atoms with Crippen LogP contribution in [0.15, 0.2) is 36.5 Å². The van der Waals surface area contributed by atoms with Crippen LogP contribution in [0.25, 0.3) is 0 Å². The molecule has 0 aliphatic carbocycles. The molecular formula is C23H25Cl2FNO9P. The Kier molecular flexibility index (Phi) is 8.75. The zero-order valence-corrected chi connectivity index (χ0v) is 22.1. The topological polar surface area (TPSA) is 118 Å². The maximum atomic E-state index is 16.1. The number of carbonyl (C=O) groups excluding carboxylic acids is 3. The Morgan fingerprint density at radius 2 is 2.14 bits per heavy atom. The molecule has 1 amide bonds. The summed E-state index contributed by atoms with van der Waals surface area (Å²) < 4.78 is 56.8. The van der Waals surface area contributed by atoms with Gasteiger partial charge in [0.2, 0.25) is 5.91 Å². The van der Waals surface area contributed by atoms with E-state index in [4.69, 9.17) is 46.2 Å². The lowest BCUT2D eigenvalue weighted by Gasteiger charge is -2.33. The fraction of sp³-hybridized carbons (Fsp3) is 0.522. The van der Waals surface area contributed by atoms with Crippen molar-refractivity contribution in [1.82, 2.24) is 4.90 Å². The predicted molar refractivity (Wildman–Crippen MR) is 128 cm³/mol. The first-order valence-electron chi connectivity index (χ1n) is 11.5. The highest BCUT2D eigenvalue weighted by atomic mass is 35.5. The lowest BCUT2D eigenvalue weighted by molar-refractivity contribution is -0.158. The third-order valence-electron chi connectivity index (χ3n) is 6.03. The largest absolute Gasteiger partial charge is 0.475 e. The Morgan fingerprint density at radius 3 is 2.84 bits per heavy atom. The first-order valence-corrected chi connectivity index (χ1v) is 13.8. The number of alkyl halides is 2. The average molecular weight is 580 g/mol. The number of allylic oxidation sites excluding steroid dienone is 1. The molecule has 0 aromatic heterocycles. The van der Waals surface area contributed by atoms with Gasteiger partial charge in [-0.25, -0.2) is 8.96 Å². The minimum Gasteiger partial charge on any atom is -0.456 e. The van der Waals surface area contributed by atoms with Crippen LogP contribution >= 0.6 is 31.0 Å². The van der Waals surface area contributed by atoms with E-state index in [-0.39, 0.29) is 18.9 Å². The molecule has 10 nitrogen and oxygen atoms in total. The third kappa shape index (κ3) is 6.42. The molecule has 0 N–H and O–H groups in total. The highest BCUT2D eigenvalue weighted by Crippen LogP contribution is 2.57. The second kappa shape index (κ2) is 11.5. The van der Waals surface area contributed by atoms with Crippen LogP contribution in [0.1, 0.15) is 37.9 Å². The first-order chi connectivity index (χ1) is 17.5. The highest BCUT2D eigenvalue weighted by molar-refractivity contribution is 7.48. The average Bonchev–Trinajstić information content (AvgIpc) is 3.07.